The molecule has 1 aromatic rings. The summed E-state index contributed by atoms with van der Waals surface area (Å²) in [4.78, 5) is 3.90. The van der Waals surface area contributed by atoms with E-state index in [1.165, 1.54) is 6.42 Å². The molecule has 0 aromatic carbocycles. The van der Waals surface area contributed by atoms with E-state index in [1.807, 2.05) is 12.1 Å². The quantitative estimate of drug-likeness (QED) is 0.622. The predicted octanol–water partition coefficient (Wildman–Crippen LogP) is 2.42. The first-order valence-electron chi connectivity index (χ1n) is 4.25. The highest BCUT2D eigenvalue weighted by molar-refractivity contribution is 5.07. The van der Waals surface area contributed by atoms with Gasteiger partial charge >= 0.3 is 0 Å². The number of hydrogen-bond acceptors (Lipinski definition) is 1. The van der Waals surface area contributed by atoms with Gasteiger partial charge in [-0.05, 0) is 24.5 Å². The summed E-state index contributed by atoms with van der Waals surface area (Å²) >= 11 is 0. The first kappa shape index (κ1) is 5.90. The maximum Gasteiger partial charge on any atom is 0.0843 e. The molecule has 1 rings (SSSR count). The highest BCUT2D eigenvalue weighted by atomic mass is 14.6. The van der Waals surface area contributed by atoms with Crippen molar-refractivity contribution in [2.75, 3.05) is 0 Å². The van der Waals surface area contributed by atoms with Crippen LogP contribution in [0.2, 0.25) is 0 Å². The normalized spacial score (nSPS) is 11.1. The Morgan fingerprint density at radius 3 is 3.30 bits per heavy atom. The molecule has 0 aliphatic rings. The van der Waals surface area contributed by atoms with Gasteiger partial charge in [0.15, 0.2) is 0 Å². The van der Waals surface area contributed by atoms with Crippen LogP contribution in [-0.2, 0) is 6.42 Å². The molecule has 1 nitrogen and oxygen atoms in total. The van der Waals surface area contributed by atoms with E-state index < -0.39 is 0 Å². The van der Waals surface area contributed by atoms with Crippen molar-refractivity contribution in [3.05, 3.63) is 30.1 Å². The van der Waals surface area contributed by atoms with Gasteiger partial charge in [-0.1, -0.05) is 19.4 Å². The molecule has 0 saturated carbocycles. The van der Waals surface area contributed by atoms with Crippen molar-refractivity contribution in [2.24, 2.45) is 0 Å². The van der Waals surface area contributed by atoms with Gasteiger partial charge in [-0.2, -0.15) is 0 Å². The Bertz CT molecular complexity index is 223. The molecule has 0 bridgehead atoms. The summed E-state index contributed by atoms with van der Waals surface area (Å²) in [6, 6.07) is 3.87. The number of aromatic nitrogens is 1. The summed E-state index contributed by atoms with van der Waals surface area (Å²) < 4.78 is 7.44. The number of unbranched alkanes of at least 4 members (excludes halogenated alkanes) is 1. The Morgan fingerprint density at radius 1 is 1.70 bits per heavy atom. The van der Waals surface area contributed by atoms with E-state index in [2.05, 4.69) is 11.9 Å². The van der Waals surface area contributed by atoms with Gasteiger partial charge in [-0.3, -0.25) is 4.98 Å². The topological polar surface area (TPSA) is 12.9 Å². The van der Waals surface area contributed by atoms with Crippen LogP contribution in [0.5, 0.6) is 0 Å². The number of rotatable bonds is 3. The van der Waals surface area contributed by atoms with E-state index in [9.17, 15) is 0 Å². The molecule has 0 fully saturated rings. The monoisotopic (exact) mass is 136 g/mol. The van der Waals surface area contributed by atoms with Crippen LogP contribution in [0.15, 0.2) is 24.5 Å². The lowest BCUT2D eigenvalue weighted by atomic mass is 10.1. The maximum absolute atomic E-state index is 7.44. The summed E-state index contributed by atoms with van der Waals surface area (Å²) in [5, 5.41) is 0. The summed E-state index contributed by atoms with van der Waals surface area (Å²) in [6.07, 6.45) is 5.41. The minimum atomic E-state index is 0.431. The van der Waals surface area contributed by atoms with Crippen LogP contribution in [0.3, 0.4) is 0 Å². The van der Waals surface area contributed by atoms with E-state index in [0.29, 0.717) is 6.17 Å². The van der Waals surface area contributed by atoms with Crippen LogP contribution >= 0.6 is 0 Å². The summed E-state index contributed by atoms with van der Waals surface area (Å²) in [5.41, 5.74) is 1.06. The number of nitrogens with zero attached hydrogens (tertiary/aromatic N) is 1. The summed E-state index contributed by atoms with van der Waals surface area (Å²) in [6.45, 7) is 2.15. The zero-order valence-electron chi connectivity index (χ0n) is 7.30. The molecule has 0 saturated heterocycles. The molecule has 0 aliphatic heterocycles. The molecule has 0 atom stereocenters. The van der Waals surface area contributed by atoms with Crippen molar-refractivity contribution in [1.82, 2.24) is 4.98 Å². The average Bonchev–Trinajstić information content (AvgIpc) is 2.03. The van der Waals surface area contributed by atoms with Crippen LogP contribution in [0.4, 0.5) is 0 Å². The van der Waals surface area contributed by atoms with Crippen LogP contribution in [0.1, 0.15) is 26.7 Å². The highest BCUT2D eigenvalue weighted by Crippen LogP contribution is 2.01. The largest absolute Gasteiger partial charge is 0.264 e. The standard InChI is InChI=1S/C9H13N/c1-2-3-5-9-6-4-7-10-8-9/h4,6-8H,2-3,5H2,1H3/i8D. The summed E-state index contributed by atoms with van der Waals surface area (Å²) in [7, 11) is 0. The fraction of sp³-hybridized carbons (Fsp3) is 0.444. The average molecular weight is 136 g/mol. The molecule has 0 N–H and O–H groups in total. The molecular formula is C9H13N. The SMILES string of the molecule is [2H]c1ncccc1CCCC. The second-order valence-electron chi connectivity index (χ2n) is 2.38. The molecule has 1 aromatic heterocycles. The third kappa shape index (κ3) is 2.18. The summed E-state index contributed by atoms with van der Waals surface area (Å²) in [5.74, 6) is 0. The maximum atomic E-state index is 7.44. The van der Waals surface area contributed by atoms with Crippen molar-refractivity contribution >= 4 is 0 Å². The third-order valence-electron chi connectivity index (χ3n) is 1.47. The van der Waals surface area contributed by atoms with Gasteiger partial charge in [-0.25, -0.2) is 0 Å². The molecule has 54 valence electrons. The molecule has 1 heterocycles. The lowest BCUT2D eigenvalue weighted by Crippen LogP contribution is -1.83. The number of aryl methyl sites for hydroxylation is 1. The molecule has 0 radical (unpaired) electrons. The molecule has 1 heteroatoms. The molecule has 0 aliphatic carbocycles. The second-order valence-corrected chi connectivity index (χ2v) is 2.38. The predicted molar refractivity (Wildman–Crippen MR) is 42.8 cm³/mol. The zero-order chi connectivity index (χ0) is 8.10. The van der Waals surface area contributed by atoms with Crippen LogP contribution < -0.4 is 0 Å². The molecule has 0 amide bonds. The number of hydrogen-bond donors (Lipinski definition) is 0. The first-order valence-corrected chi connectivity index (χ1v) is 3.75. The van der Waals surface area contributed by atoms with Gasteiger partial charge in [0.25, 0.3) is 0 Å². The lowest BCUT2D eigenvalue weighted by Gasteiger charge is -1.95. The molecule has 0 unspecified atom stereocenters. The van der Waals surface area contributed by atoms with Gasteiger partial charge in [0.05, 0.1) is 1.37 Å². The second kappa shape index (κ2) is 4.04. The zero-order valence-corrected chi connectivity index (χ0v) is 6.30. The van der Waals surface area contributed by atoms with Gasteiger partial charge in [-0.15, -0.1) is 0 Å². The Hall–Kier alpha value is -0.850. The van der Waals surface area contributed by atoms with E-state index >= 15 is 0 Å². The van der Waals surface area contributed by atoms with E-state index in [4.69, 9.17) is 1.37 Å². The van der Waals surface area contributed by atoms with Crippen LogP contribution in [-0.4, -0.2) is 4.98 Å². The molecule has 0 spiro atoms. The minimum Gasteiger partial charge on any atom is -0.264 e. The highest BCUT2D eigenvalue weighted by Gasteiger charge is 1.88. The Morgan fingerprint density at radius 2 is 2.60 bits per heavy atom. The van der Waals surface area contributed by atoms with Crippen molar-refractivity contribution < 1.29 is 1.37 Å². The van der Waals surface area contributed by atoms with Crippen molar-refractivity contribution in [3.8, 4) is 0 Å². The van der Waals surface area contributed by atoms with E-state index in [-0.39, 0.29) is 0 Å². The van der Waals surface area contributed by atoms with Crippen molar-refractivity contribution in [1.29, 1.82) is 0 Å². The van der Waals surface area contributed by atoms with E-state index in [0.717, 1.165) is 18.4 Å². The van der Waals surface area contributed by atoms with Gasteiger partial charge < -0.3 is 0 Å². The fourth-order valence-electron chi connectivity index (χ4n) is 0.866. The molecular weight excluding hydrogens is 122 g/mol. The van der Waals surface area contributed by atoms with E-state index in [1.54, 1.807) is 6.20 Å². The first-order chi connectivity index (χ1) is 5.34. The van der Waals surface area contributed by atoms with Crippen LogP contribution in [0, 0.1) is 0 Å². The van der Waals surface area contributed by atoms with Crippen molar-refractivity contribution in [2.45, 2.75) is 26.2 Å². The van der Waals surface area contributed by atoms with Gasteiger partial charge in [0.1, 0.15) is 0 Å². The minimum absolute atomic E-state index is 0.431. The van der Waals surface area contributed by atoms with Crippen LogP contribution in [0.25, 0.3) is 0 Å². The van der Waals surface area contributed by atoms with Gasteiger partial charge in [0, 0.05) is 12.4 Å². The Balaban J connectivity index is 2.62. The fourth-order valence-corrected chi connectivity index (χ4v) is 0.866. The third-order valence-corrected chi connectivity index (χ3v) is 1.47. The Labute approximate surface area is 63.5 Å². The smallest absolute Gasteiger partial charge is 0.0843 e. The van der Waals surface area contributed by atoms with Crippen molar-refractivity contribution in [3.63, 3.8) is 0 Å². The molecule has 10 heavy (non-hydrogen) atoms. The van der Waals surface area contributed by atoms with Gasteiger partial charge in [0.2, 0.25) is 0 Å². The lowest BCUT2D eigenvalue weighted by molar-refractivity contribution is 0.792. The Kier molecular flexibility index (Phi) is 2.39. The number of pyridine rings is 1.